The molecule has 0 radical (unpaired) electrons. The zero-order chi connectivity index (χ0) is 27.9. The summed E-state index contributed by atoms with van der Waals surface area (Å²) in [5, 5.41) is 11.8. The van der Waals surface area contributed by atoms with Crippen molar-refractivity contribution >= 4 is 39.7 Å². The average Bonchev–Trinajstić information content (AvgIpc) is 3.35. The number of hydrogen-bond donors (Lipinski definition) is 2. The van der Waals surface area contributed by atoms with E-state index in [0.29, 0.717) is 29.5 Å². The first kappa shape index (κ1) is 27.6. The average molecular weight is 529 g/mol. The van der Waals surface area contributed by atoms with E-state index in [1.807, 2.05) is 63.2 Å². The second-order valence-corrected chi connectivity index (χ2v) is 9.36. The van der Waals surface area contributed by atoms with E-state index in [9.17, 15) is 4.79 Å². The molecule has 0 unspecified atom stereocenters. The molecule has 39 heavy (non-hydrogen) atoms. The normalized spacial score (nSPS) is 11.0. The monoisotopic (exact) mass is 528 g/mol. The molecule has 0 fully saturated rings. The van der Waals surface area contributed by atoms with Crippen LogP contribution in [0.2, 0.25) is 0 Å². The van der Waals surface area contributed by atoms with Crippen molar-refractivity contribution in [2.45, 2.75) is 20.4 Å². The first-order valence-electron chi connectivity index (χ1n) is 13.0. The Morgan fingerprint density at radius 2 is 1.90 bits per heavy atom. The minimum Gasteiger partial charge on any atom is -0.492 e. The van der Waals surface area contributed by atoms with E-state index in [-0.39, 0.29) is 5.91 Å². The third kappa shape index (κ3) is 6.53. The van der Waals surface area contributed by atoms with Gasteiger partial charge in [-0.1, -0.05) is 12.6 Å². The maximum absolute atomic E-state index is 12.3. The summed E-state index contributed by atoms with van der Waals surface area (Å²) in [6.45, 7) is 10.5. The molecule has 0 saturated heterocycles. The topological polar surface area (TPSA) is 100 Å². The van der Waals surface area contributed by atoms with Crippen LogP contribution in [-0.2, 0) is 11.3 Å². The summed E-state index contributed by atoms with van der Waals surface area (Å²) in [6.07, 6.45) is 4.65. The number of aromatic nitrogens is 4. The number of likely N-dealkylation sites (N-methyl/N-ethyl adjacent to an activating group) is 2. The SMILES string of the molecule is C=CC(=O)Nc1cc(Nc2cc(-c3ccc4c(cnn4CC)c3)ncn2)c(OCC)cc1N(C)CCN(C)C. The summed E-state index contributed by atoms with van der Waals surface area (Å²) >= 11 is 0. The summed E-state index contributed by atoms with van der Waals surface area (Å²) in [6, 6.07) is 11.9. The third-order valence-electron chi connectivity index (χ3n) is 6.30. The van der Waals surface area contributed by atoms with Crippen LogP contribution in [0.4, 0.5) is 22.9 Å². The van der Waals surface area contributed by atoms with Crippen molar-refractivity contribution in [1.29, 1.82) is 0 Å². The molecule has 0 aliphatic carbocycles. The van der Waals surface area contributed by atoms with Gasteiger partial charge in [0.15, 0.2) is 0 Å². The van der Waals surface area contributed by atoms with Crippen LogP contribution in [0.25, 0.3) is 22.2 Å². The van der Waals surface area contributed by atoms with Gasteiger partial charge in [-0.15, -0.1) is 0 Å². The number of nitrogens with one attached hydrogen (secondary N) is 2. The lowest BCUT2D eigenvalue weighted by molar-refractivity contribution is -0.111. The second-order valence-electron chi connectivity index (χ2n) is 9.36. The lowest BCUT2D eigenvalue weighted by Gasteiger charge is -2.26. The number of amides is 1. The third-order valence-corrected chi connectivity index (χ3v) is 6.30. The highest BCUT2D eigenvalue weighted by atomic mass is 16.5. The fraction of sp³-hybridized carbons (Fsp3) is 0.310. The van der Waals surface area contributed by atoms with Crippen molar-refractivity contribution in [2.75, 3.05) is 56.4 Å². The van der Waals surface area contributed by atoms with Gasteiger partial charge in [0.1, 0.15) is 17.9 Å². The minimum absolute atomic E-state index is 0.293. The molecule has 4 rings (SSSR count). The van der Waals surface area contributed by atoms with Gasteiger partial charge >= 0.3 is 0 Å². The van der Waals surface area contributed by atoms with Gasteiger partial charge in [0.05, 0.1) is 41.1 Å². The van der Waals surface area contributed by atoms with Gasteiger partial charge in [0.2, 0.25) is 5.91 Å². The molecule has 204 valence electrons. The number of carbonyl (C=O) groups is 1. The van der Waals surface area contributed by atoms with Crippen LogP contribution in [0.1, 0.15) is 13.8 Å². The van der Waals surface area contributed by atoms with E-state index < -0.39 is 0 Å². The van der Waals surface area contributed by atoms with Gasteiger partial charge < -0.3 is 25.2 Å². The van der Waals surface area contributed by atoms with E-state index >= 15 is 0 Å². The molecule has 2 aromatic heterocycles. The number of ether oxygens (including phenoxy) is 1. The molecule has 0 spiro atoms. The lowest BCUT2D eigenvalue weighted by atomic mass is 10.1. The predicted molar refractivity (Wildman–Crippen MR) is 158 cm³/mol. The van der Waals surface area contributed by atoms with Crippen molar-refractivity contribution < 1.29 is 9.53 Å². The Labute approximate surface area is 229 Å². The summed E-state index contributed by atoms with van der Waals surface area (Å²) in [5.74, 6) is 0.952. The highest BCUT2D eigenvalue weighted by molar-refractivity contribution is 6.02. The molecule has 10 nitrogen and oxygen atoms in total. The quantitative estimate of drug-likeness (QED) is 0.254. The Balaban J connectivity index is 1.69. The van der Waals surface area contributed by atoms with Crippen LogP contribution in [-0.4, -0.2) is 71.4 Å². The van der Waals surface area contributed by atoms with Crippen molar-refractivity contribution in [2.24, 2.45) is 0 Å². The van der Waals surface area contributed by atoms with Crippen molar-refractivity contribution in [3.05, 3.63) is 61.6 Å². The van der Waals surface area contributed by atoms with Gasteiger partial charge in [-0.05, 0) is 52.2 Å². The van der Waals surface area contributed by atoms with Gasteiger partial charge in [-0.25, -0.2) is 9.97 Å². The zero-order valence-corrected chi connectivity index (χ0v) is 23.2. The number of hydrogen-bond acceptors (Lipinski definition) is 8. The van der Waals surface area contributed by atoms with Crippen LogP contribution < -0.4 is 20.3 Å². The van der Waals surface area contributed by atoms with Gasteiger partial charge in [0, 0.05) is 49.8 Å². The molecular weight excluding hydrogens is 492 g/mol. The number of benzene rings is 2. The Kier molecular flexibility index (Phi) is 8.77. The highest BCUT2D eigenvalue weighted by Crippen LogP contribution is 2.38. The van der Waals surface area contributed by atoms with Crippen LogP contribution >= 0.6 is 0 Å². The number of fused-ring (bicyclic) bond motifs is 1. The Hall–Kier alpha value is -4.44. The van der Waals surface area contributed by atoms with Crippen molar-refractivity contribution in [3.8, 4) is 17.0 Å². The number of rotatable bonds is 12. The predicted octanol–water partition coefficient (Wildman–Crippen LogP) is 4.78. The van der Waals surface area contributed by atoms with E-state index in [1.165, 1.54) is 12.4 Å². The standard InChI is InChI=1S/C29H36N8O2/c1-7-29(38)34-23-15-24(27(39-9-3)17-26(23)36(6)13-12-35(4)5)33-28-16-22(30-19-31-28)20-10-11-25-21(14-20)18-32-37(25)8-2/h7,10-11,14-19H,1,8-9,12-13H2,2-6H3,(H,34,38)(H,30,31,33). The minimum atomic E-state index is -0.293. The summed E-state index contributed by atoms with van der Waals surface area (Å²) in [5.41, 5.74) is 4.97. The molecule has 4 aromatic rings. The van der Waals surface area contributed by atoms with E-state index in [2.05, 4.69) is 61.1 Å². The molecular formula is C29H36N8O2. The number of anilines is 4. The highest BCUT2D eigenvalue weighted by Gasteiger charge is 2.17. The van der Waals surface area contributed by atoms with Crippen LogP contribution in [0.5, 0.6) is 5.75 Å². The number of nitrogens with zero attached hydrogens (tertiary/aromatic N) is 6. The molecule has 0 atom stereocenters. The molecule has 1 amide bonds. The Morgan fingerprint density at radius 3 is 2.62 bits per heavy atom. The maximum Gasteiger partial charge on any atom is 0.247 e. The molecule has 0 bridgehead atoms. The van der Waals surface area contributed by atoms with E-state index in [0.717, 1.165) is 47.5 Å². The van der Waals surface area contributed by atoms with E-state index in [1.54, 1.807) is 0 Å². The zero-order valence-electron chi connectivity index (χ0n) is 23.2. The van der Waals surface area contributed by atoms with Gasteiger partial charge in [0.25, 0.3) is 0 Å². The Bertz CT molecular complexity index is 1460. The molecule has 0 aliphatic rings. The first-order chi connectivity index (χ1) is 18.8. The van der Waals surface area contributed by atoms with Crippen LogP contribution in [0.3, 0.4) is 0 Å². The Morgan fingerprint density at radius 1 is 1.08 bits per heavy atom. The summed E-state index contributed by atoms with van der Waals surface area (Å²) < 4.78 is 7.97. The summed E-state index contributed by atoms with van der Waals surface area (Å²) in [4.78, 5) is 25.4. The van der Waals surface area contributed by atoms with Crippen LogP contribution in [0, 0.1) is 0 Å². The summed E-state index contributed by atoms with van der Waals surface area (Å²) in [7, 11) is 6.04. The fourth-order valence-corrected chi connectivity index (χ4v) is 4.23. The molecule has 10 heteroatoms. The molecule has 0 aliphatic heterocycles. The van der Waals surface area contributed by atoms with E-state index in [4.69, 9.17) is 4.74 Å². The number of carbonyl (C=O) groups excluding carboxylic acids is 1. The molecule has 0 saturated carbocycles. The molecule has 2 heterocycles. The lowest BCUT2D eigenvalue weighted by Crippen LogP contribution is -2.29. The fourth-order valence-electron chi connectivity index (χ4n) is 4.23. The van der Waals surface area contributed by atoms with Gasteiger partial charge in [-0.2, -0.15) is 5.10 Å². The first-order valence-corrected chi connectivity index (χ1v) is 13.0. The largest absolute Gasteiger partial charge is 0.492 e. The second kappa shape index (κ2) is 12.4. The van der Waals surface area contributed by atoms with Crippen molar-refractivity contribution in [3.63, 3.8) is 0 Å². The van der Waals surface area contributed by atoms with Gasteiger partial charge in [-0.3, -0.25) is 9.48 Å². The van der Waals surface area contributed by atoms with Crippen LogP contribution in [0.15, 0.2) is 61.6 Å². The molecule has 2 aromatic carbocycles. The maximum atomic E-state index is 12.3. The number of aryl methyl sites for hydroxylation is 1. The smallest absolute Gasteiger partial charge is 0.247 e. The van der Waals surface area contributed by atoms with Crippen molar-refractivity contribution in [1.82, 2.24) is 24.6 Å². The molecule has 2 N–H and O–H groups in total.